The van der Waals surface area contributed by atoms with Crippen molar-refractivity contribution in [3.05, 3.63) is 47.8 Å². The number of amides is 2. The fraction of sp³-hybridized carbons (Fsp3) is 0.593. The van der Waals surface area contributed by atoms with Crippen LogP contribution in [0.4, 0.5) is 0 Å². The van der Waals surface area contributed by atoms with Gasteiger partial charge in [0.25, 0.3) is 0 Å². The van der Waals surface area contributed by atoms with Crippen LogP contribution in [0.2, 0.25) is 0 Å². The highest BCUT2D eigenvalue weighted by atomic mass is 16.5. The maximum Gasteiger partial charge on any atom is 0.249 e. The Morgan fingerprint density at radius 2 is 1.81 bits per heavy atom. The Balaban J connectivity index is 2.58. The van der Waals surface area contributed by atoms with Gasteiger partial charge in [0, 0.05) is 6.20 Å². The highest BCUT2D eigenvalue weighted by molar-refractivity contribution is 6.08. The second kappa shape index (κ2) is 14.6. The molecule has 0 aliphatic heterocycles. The summed E-state index contributed by atoms with van der Waals surface area (Å²) in [4.78, 5) is 41.0. The van der Waals surface area contributed by atoms with Crippen LogP contribution in [0.15, 0.2) is 36.5 Å². The van der Waals surface area contributed by atoms with Gasteiger partial charge in [-0.2, -0.15) is 0 Å². The van der Waals surface area contributed by atoms with E-state index in [1.165, 1.54) is 4.68 Å². The fourth-order valence-corrected chi connectivity index (χ4v) is 5.24. The summed E-state index contributed by atoms with van der Waals surface area (Å²) in [6.45, 7) is 7.70. The maximum absolute atomic E-state index is 14.6. The quantitative estimate of drug-likeness (QED) is 0.0880. The number of nitrogens with one attached hydrogen (secondary N) is 2. The second-order valence-electron chi connectivity index (χ2n) is 9.80. The third-order valence-corrected chi connectivity index (χ3v) is 7.34. The molecule has 0 fully saturated rings. The largest absolute Gasteiger partial charge is 0.296 e. The van der Waals surface area contributed by atoms with Crippen LogP contribution < -0.4 is 16.7 Å². The van der Waals surface area contributed by atoms with Gasteiger partial charge < -0.3 is 0 Å². The van der Waals surface area contributed by atoms with Crippen molar-refractivity contribution in [2.45, 2.75) is 85.1 Å². The molecule has 0 saturated heterocycles. The molecule has 204 valence electrons. The molecule has 2 aromatic rings. The Morgan fingerprint density at radius 1 is 1.14 bits per heavy atom. The van der Waals surface area contributed by atoms with E-state index >= 15 is 0 Å². The topological polar surface area (TPSA) is 152 Å². The summed E-state index contributed by atoms with van der Waals surface area (Å²) < 4.78 is 1.36. The van der Waals surface area contributed by atoms with E-state index in [-0.39, 0.29) is 18.8 Å². The number of hydrogen-bond acceptors (Lipinski definition) is 7. The van der Waals surface area contributed by atoms with Gasteiger partial charge in [-0.05, 0) is 50.5 Å². The minimum atomic E-state index is -1.46. The van der Waals surface area contributed by atoms with Crippen LogP contribution in [0.3, 0.4) is 0 Å². The summed E-state index contributed by atoms with van der Waals surface area (Å²) in [5.74, 6) is 3.03. The van der Waals surface area contributed by atoms with E-state index < -0.39 is 35.0 Å². The van der Waals surface area contributed by atoms with Gasteiger partial charge >= 0.3 is 0 Å². The summed E-state index contributed by atoms with van der Waals surface area (Å²) >= 11 is 0. The van der Waals surface area contributed by atoms with Gasteiger partial charge in [0.15, 0.2) is 5.78 Å². The summed E-state index contributed by atoms with van der Waals surface area (Å²) in [6, 6.07) is 8.67. The molecule has 3 atom stereocenters. The highest BCUT2D eigenvalue weighted by Gasteiger charge is 2.51. The number of aromatic nitrogens is 3. The Hall–Kier alpha value is -3.11. The van der Waals surface area contributed by atoms with Gasteiger partial charge in [0.05, 0.1) is 11.6 Å². The first-order chi connectivity index (χ1) is 17.8. The summed E-state index contributed by atoms with van der Waals surface area (Å²) in [6.07, 6.45) is 5.85. The number of Topliss-reactive ketones (excluding diaryl/α,β-unsaturated/α-hetero) is 1. The smallest absolute Gasteiger partial charge is 0.249 e. The first-order valence-corrected chi connectivity index (χ1v) is 13.2. The minimum Gasteiger partial charge on any atom is -0.296 e. The number of hydrazine groups is 1. The molecular formula is C27H42N6O4. The standard InChI is InChI=1S/C27H42N6O4/c1-5-16-27(26(36)29-28,17-20(6-2)7-3)24(34)23(33-18-19(4)30-32-33)22(25(35)31-37)15-11-14-21-12-9-8-10-13-21/h8-10,12-13,18,20,22-23,37H,5-7,11,14-17,28H2,1-4H3,(H,29,36)(H,31,35)/t22-,23+,27?/m0/s1. The number of aryl methyl sites for hydroxylation is 2. The van der Waals surface area contributed by atoms with Crippen LogP contribution >= 0.6 is 0 Å². The van der Waals surface area contributed by atoms with Crippen LogP contribution in [-0.4, -0.2) is 37.8 Å². The predicted molar refractivity (Wildman–Crippen MR) is 140 cm³/mol. The minimum absolute atomic E-state index is 0.106. The number of nitrogens with two attached hydrogens (primary N) is 1. The average molecular weight is 515 g/mol. The van der Waals surface area contributed by atoms with E-state index in [9.17, 15) is 19.6 Å². The molecule has 2 amide bonds. The lowest BCUT2D eigenvalue weighted by Gasteiger charge is -2.37. The van der Waals surface area contributed by atoms with Gasteiger partial charge in [-0.1, -0.05) is 75.6 Å². The fourth-order valence-electron chi connectivity index (χ4n) is 5.24. The van der Waals surface area contributed by atoms with Crippen LogP contribution in [-0.2, 0) is 20.8 Å². The molecule has 0 aliphatic carbocycles. The van der Waals surface area contributed by atoms with Gasteiger partial charge in [-0.25, -0.2) is 16.0 Å². The molecule has 0 saturated carbocycles. The molecule has 0 bridgehead atoms. The lowest BCUT2D eigenvalue weighted by molar-refractivity contribution is -0.151. The number of carbonyl (C=O) groups excluding carboxylic acids is 3. The number of hydrogen-bond donors (Lipinski definition) is 4. The Bertz CT molecular complexity index is 1010. The summed E-state index contributed by atoms with van der Waals surface area (Å²) in [5, 5.41) is 17.8. The maximum atomic E-state index is 14.6. The number of rotatable bonds is 16. The molecule has 1 aromatic heterocycles. The van der Waals surface area contributed by atoms with Crippen LogP contribution in [0, 0.1) is 24.2 Å². The van der Waals surface area contributed by atoms with Crippen molar-refractivity contribution in [3.63, 3.8) is 0 Å². The van der Waals surface area contributed by atoms with E-state index in [1.807, 2.05) is 51.1 Å². The van der Waals surface area contributed by atoms with E-state index in [2.05, 4.69) is 15.7 Å². The Kier molecular flexibility index (Phi) is 11.9. The molecule has 1 aromatic carbocycles. The molecule has 2 rings (SSSR count). The molecule has 0 spiro atoms. The molecule has 37 heavy (non-hydrogen) atoms. The number of benzene rings is 1. The second-order valence-corrected chi connectivity index (χ2v) is 9.80. The lowest BCUT2D eigenvalue weighted by atomic mass is 9.67. The first kappa shape index (κ1) is 30.1. The lowest BCUT2D eigenvalue weighted by Crippen LogP contribution is -2.54. The van der Waals surface area contributed by atoms with Crippen molar-refractivity contribution in [3.8, 4) is 0 Å². The molecule has 1 heterocycles. The van der Waals surface area contributed by atoms with E-state index in [1.54, 1.807) is 18.6 Å². The molecule has 10 nitrogen and oxygen atoms in total. The Labute approximate surface area is 219 Å². The average Bonchev–Trinajstić information content (AvgIpc) is 3.35. The number of nitrogens with zero attached hydrogens (tertiary/aromatic N) is 3. The molecule has 0 aliphatic rings. The van der Waals surface area contributed by atoms with Crippen molar-refractivity contribution < 1.29 is 19.6 Å². The zero-order valence-electron chi connectivity index (χ0n) is 22.4. The molecule has 10 heteroatoms. The van der Waals surface area contributed by atoms with Crippen LogP contribution in [0.5, 0.6) is 0 Å². The first-order valence-electron chi connectivity index (χ1n) is 13.2. The van der Waals surface area contributed by atoms with Crippen molar-refractivity contribution in [1.82, 2.24) is 25.9 Å². The number of carbonyl (C=O) groups is 3. The predicted octanol–water partition coefficient (Wildman–Crippen LogP) is 3.44. The van der Waals surface area contributed by atoms with Crippen molar-refractivity contribution in [2.24, 2.45) is 23.1 Å². The summed E-state index contributed by atoms with van der Waals surface area (Å²) in [5.41, 5.74) is 4.17. The molecule has 1 unspecified atom stereocenters. The monoisotopic (exact) mass is 514 g/mol. The normalized spacial score (nSPS) is 14.6. The van der Waals surface area contributed by atoms with E-state index in [0.717, 1.165) is 18.4 Å². The third kappa shape index (κ3) is 7.45. The van der Waals surface area contributed by atoms with Gasteiger partial charge in [-0.15, -0.1) is 5.10 Å². The molecule has 0 radical (unpaired) electrons. The van der Waals surface area contributed by atoms with Gasteiger partial charge in [0.1, 0.15) is 11.5 Å². The number of hydroxylamine groups is 1. The zero-order valence-corrected chi connectivity index (χ0v) is 22.4. The molecular weight excluding hydrogens is 472 g/mol. The van der Waals surface area contributed by atoms with Crippen LogP contribution in [0.1, 0.15) is 83.0 Å². The van der Waals surface area contributed by atoms with Crippen molar-refractivity contribution >= 4 is 17.6 Å². The third-order valence-electron chi connectivity index (χ3n) is 7.34. The SMILES string of the molecule is CCCC(CC(CC)CC)(C(=O)NN)C(=O)[C@@H]([C@H](CCCc1ccccc1)C(=O)NO)n1cc(C)nn1. The van der Waals surface area contributed by atoms with Crippen molar-refractivity contribution in [1.29, 1.82) is 0 Å². The highest BCUT2D eigenvalue weighted by Crippen LogP contribution is 2.41. The van der Waals surface area contributed by atoms with E-state index in [0.29, 0.717) is 31.4 Å². The van der Waals surface area contributed by atoms with Gasteiger partial charge in [-0.3, -0.25) is 25.0 Å². The summed E-state index contributed by atoms with van der Waals surface area (Å²) in [7, 11) is 0. The Morgan fingerprint density at radius 3 is 2.32 bits per heavy atom. The molecule has 5 N–H and O–H groups in total. The van der Waals surface area contributed by atoms with Crippen LogP contribution in [0.25, 0.3) is 0 Å². The zero-order chi connectivity index (χ0) is 27.4. The van der Waals surface area contributed by atoms with E-state index in [4.69, 9.17) is 5.84 Å². The van der Waals surface area contributed by atoms with Gasteiger partial charge in [0.2, 0.25) is 11.8 Å². The van der Waals surface area contributed by atoms with Crippen molar-refractivity contribution in [2.75, 3.05) is 0 Å². The number of ketones is 1.